The molecule has 2 N–H and O–H groups in total. The van der Waals surface area contributed by atoms with E-state index in [0.29, 0.717) is 11.1 Å². The molecule has 0 radical (unpaired) electrons. The predicted octanol–water partition coefficient (Wildman–Crippen LogP) is 2.39. The molecule has 2 aromatic carbocycles. The number of hydrogen-bond acceptors (Lipinski definition) is 4. The second-order valence-electron chi connectivity index (χ2n) is 5.33. The molecule has 24 heavy (non-hydrogen) atoms. The van der Waals surface area contributed by atoms with Gasteiger partial charge in [-0.1, -0.05) is 18.2 Å². The zero-order valence-electron chi connectivity index (χ0n) is 12.8. The highest BCUT2D eigenvalue weighted by atomic mass is 16.4. The Morgan fingerprint density at radius 2 is 1.50 bits per heavy atom. The smallest absolute Gasteiger partial charge is 0.335 e. The highest BCUT2D eigenvalue weighted by Crippen LogP contribution is 2.14. The highest BCUT2D eigenvalue weighted by Gasteiger charge is 2.21. The van der Waals surface area contributed by atoms with E-state index in [2.05, 4.69) is 0 Å². The van der Waals surface area contributed by atoms with Gasteiger partial charge in [0.1, 0.15) is 0 Å². The lowest BCUT2D eigenvalue weighted by molar-refractivity contribution is -0.114. The summed E-state index contributed by atoms with van der Waals surface area (Å²) in [6.07, 6.45) is 0.271. The number of carbonyl (C=O) groups is 4. The Bertz CT molecular complexity index is 818. The van der Waals surface area contributed by atoms with Gasteiger partial charge in [-0.05, 0) is 42.3 Å². The summed E-state index contributed by atoms with van der Waals surface area (Å²) in [7, 11) is 0. The Hall–Kier alpha value is -3.28. The molecular formula is C18H14O6. The van der Waals surface area contributed by atoms with E-state index in [9.17, 15) is 19.2 Å². The maximum atomic E-state index is 11.0. The first-order valence-corrected chi connectivity index (χ1v) is 7.02. The fourth-order valence-electron chi connectivity index (χ4n) is 2.28. The molecule has 0 fully saturated rings. The molecule has 6 nitrogen and oxygen atoms in total. The summed E-state index contributed by atoms with van der Waals surface area (Å²) in [5.74, 6) is -2.88. The van der Waals surface area contributed by atoms with Gasteiger partial charge in [0.2, 0.25) is 11.6 Å². The molecule has 1 aliphatic carbocycles. The minimum absolute atomic E-state index is 0.00241. The Kier molecular flexibility index (Phi) is 4.89. The predicted molar refractivity (Wildman–Crippen MR) is 84.6 cm³/mol. The van der Waals surface area contributed by atoms with Crippen LogP contribution in [0, 0.1) is 6.92 Å². The number of ketones is 2. The van der Waals surface area contributed by atoms with Crippen molar-refractivity contribution in [1.82, 2.24) is 0 Å². The largest absolute Gasteiger partial charge is 0.478 e. The topological polar surface area (TPSA) is 109 Å². The summed E-state index contributed by atoms with van der Waals surface area (Å²) in [5, 5.41) is 17.2. The molecule has 0 aromatic heterocycles. The van der Waals surface area contributed by atoms with E-state index in [1.165, 1.54) is 12.1 Å². The van der Waals surface area contributed by atoms with Crippen LogP contribution < -0.4 is 0 Å². The van der Waals surface area contributed by atoms with Crippen molar-refractivity contribution in [2.75, 3.05) is 0 Å². The summed E-state index contributed by atoms with van der Waals surface area (Å²) >= 11 is 0. The molecule has 0 saturated heterocycles. The van der Waals surface area contributed by atoms with Crippen LogP contribution in [0.25, 0.3) is 0 Å². The van der Waals surface area contributed by atoms with Crippen molar-refractivity contribution < 1.29 is 29.4 Å². The molecule has 0 aliphatic heterocycles. The van der Waals surface area contributed by atoms with Crippen molar-refractivity contribution in [2.45, 2.75) is 13.3 Å². The molecule has 0 heterocycles. The van der Waals surface area contributed by atoms with E-state index < -0.39 is 11.9 Å². The lowest BCUT2D eigenvalue weighted by atomic mass is 9.94. The minimum atomic E-state index is -1.12. The summed E-state index contributed by atoms with van der Waals surface area (Å²) in [4.78, 5) is 43.1. The lowest BCUT2D eigenvalue weighted by Crippen LogP contribution is -2.20. The van der Waals surface area contributed by atoms with Gasteiger partial charge >= 0.3 is 11.9 Å². The lowest BCUT2D eigenvalue weighted by Gasteiger charge is -2.08. The molecule has 6 heteroatoms. The molecule has 0 unspecified atom stereocenters. The molecule has 1 aliphatic rings. The number of carboxylic acid groups (broad SMARTS) is 2. The number of rotatable bonds is 2. The van der Waals surface area contributed by atoms with Crippen LogP contribution in [0.2, 0.25) is 0 Å². The zero-order chi connectivity index (χ0) is 17.9. The maximum Gasteiger partial charge on any atom is 0.335 e. The van der Waals surface area contributed by atoms with Crippen LogP contribution in [0.15, 0.2) is 42.5 Å². The molecule has 0 amide bonds. The Morgan fingerprint density at radius 3 is 2.04 bits per heavy atom. The normalized spacial score (nSPS) is 12.2. The third kappa shape index (κ3) is 3.92. The number of carbonyl (C=O) groups excluding carboxylic acids is 2. The molecular weight excluding hydrogens is 312 g/mol. The van der Waals surface area contributed by atoms with Gasteiger partial charge in [-0.2, -0.15) is 0 Å². The number of Topliss-reactive ketones (excluding diaryl/α,β-unsaturated/α-hetero) is 2. The summed E-state index contributed by atoms with van der Waals surface area (Å²) < 4.78 is 0. The number of aromatic carboxylic acids is 2. The first-order chi connectivity index (χ1) is 11.3. The third-order valence-electron chi connectivity index (χ3n) is 3.38. The number of benzene rings is 2. The van der Waals surface area contributed by atoms with Gasteiger partial charge < -0.3 is 10.2 Å². The van der Waals surface area contributed by atoms with E-state index in [1.54, 1.807) is 25.1 Å². The van der Waals surface area contributed by atoms with Crippen LogP contribution in [0.5, 0.6) is 0 Å². The van der Waals surface area contributed by atoms with E-state index in [1.807, 2.05) is 6.07 Å². The van der Waals surface area contributed by atoms with Crippen LogP contribution in [-0.4, -0.2) is 33.7 Å². The fourth-order valence-corrected chi connectivity index (χ4v) is 2.28. The van der Waals surface area contributed by atoms with Crippen LogP contribution in [0.1, 0.15) is 42.2 Å². The first kappa shape index (κ1) is 17.1. The van der Waals surface area contributed by atoms with Crippen molar-refractivity contribution in [3.8, 4) is 0 Å². The Morgan fingerprint density at radius 1 is 0.917 bits per heavy atom. The average molecular weight is 326 g/mol. The molecule has 0 atom stereocenters. The van der Waals surface area contributed by atoms with Crippen LogP contribution in [-0.2, 0) is 11.2 Å². The molecule has 0 saturated carbocycles. The van der Waals surface area contributed by atoms with Gasteiger partial charge in [-0.25, -0.2) is 9.59 Å². The average Bonchev–Trinajstić information content (AvgIpc) is 2.53. The third-order valence-corrected chi connectivity index (χ3v) is 3.38. The van der Waals surface area contributed by atoms with Crippen molar-refractivity contribution in [3.63, 3.8) is 0 Å². The molecule has 2 aromatic rings. The molecule has 3 rings (SSSR count). The van der Waals surface area contributed by atoms with E-state index in [0.717, 1.165) is 11.6 Å². The van der Waals surface area contributed by atoms with Gasteiger partial charge in [0.15, 0.2) is 0 Å². The van der Waals surface area contributed by atoms with Crippen molar-refractivity contribution in [3.05, 3.63) is 70.3 Å². The number of aryl methyl sites for hydroxylation is 1. The second kappa shape index (κ2) is 6.87. The number of fused-ring (bicyclic) bond motifs is 2. The van der Waals surface area contributed by atoms with Gasteiger partial charge in [0.25, 0.3) is 0 Å². The molecule has 122 valence electrons. The number of carboxylic acids is 2. The van der Waals surface area contributed by atoms with Crippen LogP contribution >= 0.6 is 0 Å². The van der Waals surface area contributed by atoms with Gasteiger partial charge in [0.05, 0.1) is 11.1 Å². The summed E-state index contributed by atoms with van der Waals surface area (Å²) in [6.45, 7) is 1.65. The second-order valence-corrected chi connectivity index (χ2v) is 5.33. The van der Waals surface area contributed by atoms with Gasteiger partial charge in [-0.15, -0.1) is 0 Å². The SMILES string of the molecule is Cc1cc(C(=O)O)cc(C(=O)O)c1.O=C1Cc2cccc(c2)C1=O. The number of hydrogen-bond donors (Lipinski definition) is 2. The van der Waals surface area contributed by atoms with E-state index in [-0.39, 0.29) is 29.1 Å². The monoisotopic (exact) mass is 326 g/mol. The first-order valence-electron chi connectivity index (χ1n) is 7.02. The van der Waals surface area contributed by atoms with E-state index >= 15 is 0 Å². The summed E-state index contributed by atoms with van der Waals surface area (Å²) in [6, 6.07) is 11.1. The van der Waals surface area contributed by atoms with Crippen LogP contribution in [0.3, 0.4) is 0 Å². The minimum Gasteiger partial charge on any atom is -0.478 e. The fraction of sp³-hybridized carbons (Fsp3) is 0.111. The van der Waals surface area contributed by atoms with Crippen molar-refractivity contribution in [1.29, 1.82) is 0 Å². The Labute approximate surface area is 137 Å². The van der Waals surface area contributed by atoms with Crippen molar-refractivity contribution in [2.24, 2.45) is 0 Å². The standard InChI is InChI=1S/C9H8O4.C9H6O2/c1-5-2-6(8(10)11)4-7(3-5)9(12)13;10-8-5-6-2-1-3-7(4-6)9(8)11/h2-4H,1H3,(H,10,11)(H,12,13);1-4H,5H2. The maximum absolute atomic E-state index is 11.0. The zero-order valence-corrected chi connectivity index (χ0v) is 12.8. The van der Waals surface area contributed by atoms with Gasteiger partial charge in [0, 0.05) is 12.0 Å². The Balaban J connectivity index is 0.000000175. The highest BCUT2D eigenvalue weighted by molar-refractivity contribution is 6.45. The van der Waals surface area contributed by atoms with Crippen LogP contribution in [0.4, 0.5) is 0 Å². The molecule has 2 bridgehead atoms. The van der Waals surface area contributed by atoms with Crippen molar-refractivity contribution >= 4 is 23.5 Å². The summed E-state index contributed by atoms with van der Waals surface area (Å²) in [5.41, 5.74) is 2.08. The molecule has 0 spiro atoms. The van der Waals surface area contributed by atoms with E-state index in [4.69, 9.17) is 10.2 Å². The van der Waals surface area contributed by atoms with Gasteiger partial charge in [-0.3, -0.25) is 9.59 Å². The quantitative estimate of drug-likeness (QED) is 0.820.